The highest BCUT2D eigenvalue weighted by atomic mass is 16.5. The summed E-state index contributed by atoms with van der Waals surface area (Å²) in [6.07, 6.45) is 3.34. The predicted octanol–water partition coefficient (Wildman–Crippen LogP) is 3.15. The molecule has 0 saturated carbocycles. The zero-order chi connectivity index (χ0) is 19.7. The molecule has 0 bridgehead atoms. The molecule has 9 heteroatoms. The lowest BCUT2D eigenvalue weighted by Gasteiger charge is -2.18. The minimum atomic E-state index is -0.0727. The smallest absolute Gasteiger partial charge is 0.200 e. The molecule has 0 fully saturated rings. The second-order valence-electron chi connectivity index (χ2n) is 6.83. The standard InChI is InChI=1S/C19H22N8O/c1-12(2)26-10-20-23-18(26)13(3)22-17-9-16(25-27-11-21-24-19(17)27)14-5-7-15(28-4)8-6-14/h5-13,22H,1-4H3. The van der Waals surface area contributed by atoms with E-state index in [-0.39, 0.29) is 12.1 Å². The predicted molar refractivity (Wildman–Crippen MR) is 105 cm³/mol. The molecule has 144 valence electrons. The van der Waals surface area contributed by atoms with Crippen LogP contribution >= 0.6 is 0 Å². The molecule has 4 aromatic rings. The Labute approximate surface area is 162 Å². The summed E-state index contributed by atoms with van der Waals surface area (Å²) in [7, 11) is 1.65. The Bertz CT molecular complexity index is 1080. The molecule has 3 aromatic heterocycles. The molecule has 0 aliphatic carbocycles. The number of nitrogens with zero attached hydrogens (tertiary/aromatic N) is 7. The summed E-state index contributed by atoms with van der Waals surface area (Å²) in [5.41, 5.74) is 3.25. The van der Waals surface area contributed by atoms with Gasteiger partial charge in [0.05, 0.1) is 24.5 Å². The maximum absolute atomic E-state index is 5.24. The molecule has 0 saturated heterocycles. The first kappa shape index (κ1) is 17.9. The van der Waals surface area contributed by atoms with Crippen molar-refractivity contribution in [1.82, 2.24) is 34.6 Å². The fraction of sp³-hybridized carbons (Fsp3) is 0.316. The van der Waals surface area contributed by atoms with Crippen LogP contribution in [0.4, 0.5) is 5.69 Å². The number of anilines is 1. The van der Waals surface area contributed by atoms with Gasteiger partial charge in [-0.15, -0.1) is 20.4 Å². The maximum atomic E-state index is 5.24. The number of ether oxygens (including phenoxy) is 1. The van der Waals surface area contributed by atoms with Crippen LogP contribution in [-0.4, -0.2) is 41.7 Å². The van der Waals surface area contributed by atoms with Gasteiger partial charge in [0.2, 0.25) is 5.65 Å². The van der Waals surface area contributed by atoms with Gasteiger partial charge in [-0.3, -0.25) is 0 Å². The van der Waals surface area contributed by atoms with Crippen molar-refractivity contribution < 1.29 is 4.74 Å². The van der Waals surface area contributed by atoms with E-state index in [1.54, 1.807) is 24.3 Å². The zero-order valence-electron chi connectivity index (χ0n) is 16.2. The topological polar surface area (TPSA) is 95.0 Å². The van der Waals surface area contributed by atoms with Gasteiger partial charge in [0.15, 0.2) is 5.82 Å². The number of nitrogens with one attached hydrogen (secondary N) is 1. The summed E-state index contributed by atoms with van der Waals surface area (Å²) in [6, 6.07) is 9.94. The van der Waals surface area contributed by atoms with Gasteiger partial charge in [0, 0.05) is 11.6 Å². The van der Waals surface area contributed by atoms with E-state index in [2.05, 4.69) is 44.7 Å². The van der Waals surface area contributed by atoms with Crippen molar-refractivity contribution in [3.63, 3.8) is 0 Å². The second kappa shape index (κ2) is 7.26. The third-order valence-electron chi connectivity index (χ3n) is 4.57. The SMILES string of the molecule is COc1ccc(-c2cc(NC(C)c3nncn3C(C)C)c3nncn3n2)cc1. The fourth-order valence-electron chi connectivity index (χ4n) is 3.09. The van der Waals surface area contributed by atoms with Crippen molar-refractivity contribution in [2.45, 2.75) is 32.9 Å². The Morgan fingerprint density at radius 3 is 2.46 bits per heavy atom. The van der Waals surface area contributed by atoms with Gasteiger partial charge in [-0.25, -0.2) is 0 Å². The summed E-state index contributed by atoms with van der Waals surface area (Å²) < 4.78 is 8.95. The van der Waals surface area contributed by atoms with Crippen LogP contribution in [0, 0.1) is 0 Å². The van der Waals surface area contributed by atoms with Crippen LogP contribution in [0.1, 0.15) is 38.7 Å². The van der Waals surface area contributed by atoms with Crippen molar-refractivity contribution in [2.24, 2.45) is 0 Å². The summed E-state index contributed by atoms with van der Waals surface area (Å²) in [5, 5.41) is 24.6. The van der Waals surface area contributed by atoms with E-state index in [1.807, 2.05) is 41.8 Å². The Morgan fingerprint density at radius 1 is 1.00 bits per heavy atom. The van der Waals surface area contributed by atoms with Gasteiger partial charge in [0.25, 0.3) is 0 Å². The molecular weight excluding hydrogens is 356 g/mol. The molecule has 0 radical (unpaired) electrons. The summed E-state index contributed by atoms with van der Waals surface area (Å²) in [4.78, 5) is 0. The van der Waals surface area contributed by atoms with Crippen LogP contribution in [-0.2, 0) is 0 Å². The highest BCUT2D eigenvalue weighted by molar-refractivity contribution is 5.73. The lowest BCUT2D eigenvalue weighted by Crippen LogP contribution is -2.15. The molecule has 3 heterocycles. The van der Waals surface area contributed by atoms with Crippen LogP contribution in [0.3, 0.4) is 0 Å². The van der Waals surface area contributed by atoms with Crippen molar-refractivity contribution in [1.29, 1.82) is 0 Å². The summed E-state index contributed by atoms with van der Waals surface area (Å²) in [6.45, 7) is 6.25. The highest BCUT2D eigenvalue weighted by Crippen LogP contribution is 2.27. The first-order chi connectivity index (χ1) is 13.6. The molecule has 1 N–H and O–H groups in total. The molecule has 0 amide bonds. The van der Waals surface area contributed by atoms with E-state index in [9.17, 15) is 0 Å². The Balaban J connectivity index is 1.71. The number of methoxy groups -OCH3 is 1. The first-order valence-electron chi connectivity index (χ1n) is 9.08. The minimum Gasteiger partial charge on any atom is -0.497 e. The van der Waals surface area contributed by atoms with E-state index in [0.717, 1.165) is 28.5 Å². The number of rotatable bonds is 6. The summed E-state index contributed by atoms with van der Waals surface area (Å²) in [5.74, 6) is 1.66. The molecule has 1 atom stereocenters. The monoisotopic (exact) mass is 378 g/mol. The molecule has 1 aromatic carbocycles. The van der Waals surface area contributed by atoms with E-state index in [4.69, 9.17) is 4.74 Å². The van der Waals surface area contributed by atoms with Gasteiger partial charge >= 0.3 is 0 Å². The number of aromatic nitrogens is 7. The van der Waals surface area contributed by atoms with Crippen molar-refractivity contribution in [2.75, 3.05) is 12.4 Å². The van der Waals surface area contributed by atoms with Gasteiger partial charge in [0.1, 0.15) is 18.4 Å². The van der Waals surface area contributed by atoms with Crippen molar-refractivity contribution in [3.8, 4) is 17.0 Å². The largest absolute Gasteiger partial charge is 0.497 e. The fourth-order valence-corrected chi connectivity index (χ4v) is 3.09. The Morgan fingerprint density at radius 2 is 1.75 bits per heavy atom. The maximum Gasteiger partial charge on any atom is 0.200 e. The molecule has 0 spiro atoms. The van der Waals surface area contributed by atoms with Crippen LogP contribution in [0.2, 0.25) is 0 Å². The van der Waals surface area contributed by atoms with E-state index in [0.29, 0.717) is 5.65 Å². The van der Waals surface area contributed by atoms with E-state index in [1.165, 1.54) is 0 Å². The zero-order valence-corrected chi connectivity index (χ0v) is 16.2. The highest BCUT2D eigenvalue weighted by Gasteiger charge is 2.18. The number of hydrogen-bond acceptors (Lipinski definition) is 7. The Kier molecular flexibility index (Phi) is 4.64. The number of benzene rings is 1. The van der Waals surface area contributed by atoms with Crippen molar-refractivity contribution >= 4 is 11.3 Å². The summed E-state index contributed by atoms with van der Waals surface area (Å²) >= 11 is 0. The lowest BCUT2D eigenvalue weighted by molar-refractivity contribution is 0.415. The first-order valence-corrected chi connectivity index (χ1v) is 9.08. The number of hydrogen-bond donors (Lipinski definition) is 1. The molecule has 28 heavy (non-hydrogen) atoms. The van der Waals surface area contributed by atoms with E-state index < -0.39 is 0 Å². The lowest BCUT2D eigenvalue weighted by atomic mass is 10.1. The third kappa shape index (κ3) is 3.26. The molecule has 0 aliphatic heterocycles. The molecule has 1 unspecified atom stereocenters. The molecular formula is C19H22N8O. The Hall–Kier alpha value is -3.49. The molecule has 4 rings (SSSR count). The van der Waals surface area contributed by atoms with Gasteiger partial charge in [-0.1, -0.05) is 0 Å². The number of fused-ring (bicyclic) bond motifs is 1. The van der Waals surface area contributed by atoms with Crippen LogP contribution in [0.5, 0.6) is 5.75 Å². The minimum absolute atomic E-state index is 0.0727. The van der Waals surface area contributed by atoms with Gasteiger partial charge in [-0.05, 0) is 51.1 Å². The van der Waals surface area contributed by atoms with E-state index >= 15 is 0 Å². The van der Waals surface area contributed by atoms with Crippen LogP contribution < -0.4 is 10.1 Å². The molecule has 0 aliphatic rings. The average molecular weight is 378 g/mol. The van der Waals surface area contributed by atoms with Gasteiger partial charge < -0.3 is 14.6 Å². The third-order valence-corrected chi connectivity index (χ3v) is 4.57. The van der Waals surface area contributed by atoms with Crippen LogP contribution in [0.15, 0.2) is 43.0 Å². The molecule has 9 nitrogen and oxygen atoms in total. The second-order valence-corrected chi connectivity index (χ2v) is 6.83. The quantitative estimate of drug-likeness (QED) is 0.551. The average Bonchev–Trinajstić information content (AvgIpc) is 3.37. The van der Waals surface area contributed by atoms with Crippen molar-refractivity contribution in [3.05, 3.63) is 48.8 Å². The normalized spacial score (nSPS) is 12.5. The van der Waals surface area contributed by atoms with Crippen LogP contribution in [0.25, 0.3) is 16.9 Å². The van der Waals surface area contributed by atoms with Gasteiger partial charge in [-0.2, -0.15) is 9.61 Å².